The van der Waals surface area contributed by atoms with E-state index in [9.17, 15) is 19.2 Å². The fourth-order valence-electron chi connectivity index (χ4n) is 3.60. The number of rotatable bonds is 11. The molecule has 0 aliphatic rings. The van der Waals surface area contributed by atoms with E-state index in [0.717, 1.165) is 11.3 Å². The molecule has 0 saturated carbocycles. The van der Waals surface area contributed by atoms with Gasteiger partial charge >= 0.3 is 12.1 Å². The Labute approximate surface area is 234 Å². The number of carbonyl (C=O) groups is 4. The number of nitrogens with one attached hydrogen (secondary N) is 4. The largest absolute Gasteiger partial charge is 0.426 e. The summed E-state index contributed by atoms with van der Waals surface area (Å²) in [6, 6.07) is 5.93. The molecule has 2 aromatic heterocycles. The molecular formula is C26H29N7O8. The highest BCUT2D eigenvalue weighted by molar-refractivity contribution is 6.24. The average Bonchev–Trinajstić information content (AvgIpc) is 3.61. The first kappa shape index (κ1) is 30.2. The van der Waals surface area contributed by atoms with E-state index in [4.69, 9.17) is 19.8 Å². The Balaban J connectivity index is 2.09. The van der Waals surface area contributed by atoms with Crippen molar-refractivity contribution in [3.8, 4) is 0 Å². The molecular weight excluding hydrogens is 538 g/mol. The molecule has 15 nitrogen and oxygen atoms in total. The Morgan fingerprint density at radius 2 is 1.98 bits per heavy atom. The summed E-state index contributed by atoms with van der Waals surface area (Å²) in [7, 11) is 0. The number of aryl methyl sites for hydroxylation is 1. The molecule has 41 heavy (non-hydrogen) atoms. The molecule has 0 saturated heterocycles. The number of amidine groups is 1. The van der Waals surface area contributed by atoms with Gasteiger partial charge in [-0.3, -0.25) is 15.0 Å². The molecule has 3 aromatic rings. The van der Waals surface area contributed by atoms with Crippen LogP contribution in [0.15, 0.2) is 46.2 Å². The van der Waals surface area contributed by atoms with Crippen molar-refractivity contribution in [3.05, 3.63) is 64.7 Å². The highest BCUT2D eigenvalue weighted by Crippen LogP contribution is 2.27. The van der Waals surface area contributed by atoms with Gasteiger partial charge in [0.25, 0.3) is 11.8 Å². The van der Waals surface area contributed by atoms with Crippen LogP contribution in [-0.2, 0) is 14.3 Å². The van der Waals surface area contributed by atoms with Crippen molar-refractivity contribution in [2.24, 2.45) is 4.99 Å². The number of aromatic amines is 1. The Kier molecular flexibility index (Phi) is 10.5. The van der Waals surface area contributed by atoms with Crippen LogP contribution in [0.1, 0.15) is 50.9 Å². The number of benzene rings is 1. The number of anilines is 2. The third kappa shape index (κ3) is 7.42. The van der Waals surface area contributed by atoms with Gasteiger partial charge in [0, 0.05) is 24.4 Å². The molecule has 15 heteroatoms. The molecule has 0 radical (unpaired) electrons. The summed E-state index contributed by atoms with van der Waals surface area (Å²) in [5, 5.41) is 25.5. The van der Waals surface area contributed by atoms with E-state index in [2.05, 4.69) is 30.5 Å². The minimum absolute atomic E-state index is 0.121. The van der Waals surface area contributed by atoms with Crippen molar-refractivity contribution in [2.75, 3.05) is 30.2 Å². The molecule has 216 valence electrons. The molecule has 0 bridgehead atoms. The maximum absolute atomic E-state index is 13.5. The zero-order chi connectivity index (χ0) is 29.9. The third-order valence-corrected chi connectivity index (χ3v) is 5.65. The van der Waals surface area contributed by atoms with Crippen molar-refractivity contribution in [1.29, 1.82) is 5.41 Å². The van der Waals surface area contributed by atoms with Crippen molar-refractivity contribution in [3.63, 3.8) is 0 Å². The van der Waals surface area contributed by atoms with Crippen molar-refractivity contribution in [2.45, 2.75) is 27.2 Å². The smallest absolute Gasteiger partial charge is 0.423 e. The topological polar surface area (TPSA) is 212 Å². The predicted octanol–water partition coefficient (Wildman–Crippen LogP) is 2.50. The van der Waals surface area contributed by atoms with E-state index in [0.29, 0.717) is 24.0 Å². The Morgan fingerprint density at radius 3 is 2.63 bits per heavy atom. The van der Waals surface area contributed by atoms with Crippen LogP contribution >= 0.6 is 0 Å². The zero-order valence-electron chi connectivity index (χ0n) is 22.5. The molecule has 1 aromatic carbocycles. The van der Waals surface area contributed by atoms with Crippen LogP contribution in [0, 0.1) is 19.3 Å². The fraction of sp³-hybridized carbons (Fsp3) is 0.269. The minimum Gasteiger partial charge on any atom is -0.426 e. The summed E-state index contributed by atoms with van der Waals surface area (Å²) in [5.41, 5.74) is 1.65. The number of aliphatic hydroxyl groups is 1. The first-order chi connectivity index (χ1) is 19.7. The standard InChI is InChI=1S/C26H29N7O8/c1-4-8-28-25(37)18-11-29-22(16(18)3)23(30-13-27)33(26(38)40-14-39-21(35)12-34)19-10-17(6-5-15(19)2)24(36)31-20-7-9-41-32-20/h5-7,9-11,13,27,29,34H,4,8,12,14H2,1-3H3,(H,28,37)(H,31,32,36). The van der Waals surface area contributed by atoms with E-state index >= 15 is 0 Å². The molecule has 0 unspecified atom stereocenters. The quantitative estimate of drug-likeness (QED) is 0.0995. The van der Waals surface area contributed by atoms with Gasteiger partial charge in [0.2, 0.25) is 6.79 Å². The fourth-order valence-corrected chi connectivity index (χ4v) is 3.60. The van der Waals surface area contributed by atoms with Gasteiger partial charge in [-0.25, -0.2) is 19.5 Å². The van der Waals surface area contributed by atoms with Gasteiger partial charge in [0.05, 0.1) is 16.9 Å². The van der Waals surface area contributed by atoms with Crippen LogP contribution in [0.5, 0.6) is 0 Å². The second kappa shape index (κ2) is 14.2. The Morgan fingerprint density at radius 1 is 1.20 bits per heavy atom. The van der Waals surface area contributed by atoms with Crippen LogP contribution in [0.2, 0.25) is 0 Å². The maximum Gasteiger partial charge on any atom is 0.423 e. The lowest BCUT2D eigenvalue weighted by molar-refractivity contribution is -0.154. The summed E-state index contributed by atoms with van der Waals surface area (Å²) < 4.78 is 14.5. The van der Waals surface area contributed by atoms with Gasteiger partial charge in [-0.2, -0.15) is 0 Å². The van der Waals surface area contributed by atoms with Crippen molar-refractivity contribution >= 4 is 47.6 Å². The lowest BCUT2D eigenvalue weighted by atomic mass is 10.1. The van der Waals surface area contributed by atoms with Gasteiger partial charge in [0.1, 0.15) is 19.2 Å². The molecule has 5 N–H and O–H groups in total. The molecule has 0 aliphatic carbocycles. The van der Waals surface area contributed by atoms with Gasteiger partial charge in [-0.05, 0) is 43.5 Å². The van der Waals surface area contributed by atoms with Gasteiger partial charge in [-0.1, -0.05) is 18.1 Å². The summed E-state index contributed by atoms with van der Waals surface area (Å²) in [6.07, 6.45) is 3.04. The van der Waals surface area contributed by atoms with E-state index in [-0.39, 0.29) is 40.1 Å². The van der Waals surface area contributed by atoms with Crippen LogP contribution < -0.4 is 15.5 Å². The number of hydrogen-bond donors (Lipinski definition) is 5. The molecule has 0 spiro atoms. The Hall–Kier alpha value is -5.31. The SMILES string of the molecule is CCCNC(=O)c1c[nH]c(C(=NC=N)N(C(=O)OCOC(=O)CO)c2cc(C(=O)Nc3ccon3)ccc2C)c1C. The molecule has 0 atom stereocenters. The lowest BCUT2D eigenvalue weighted by Gasteiger charge is -2.25. The second-order valence-corrected chi connectivity index (χ2v) is 8.42. The number of amides is 3. The van der Waals surface area contributed by atoms with Crippen LogP contribution in [0.4, 0.5) is 16.3 Å². The zero-order valence-corrected chi connectivity index (χ0v) is 22.5. The van der Waals surface area contributed by atoms with E-state index < -0.39 is 31.4 Å². The summed E-state index contributed by atoms with van der Waals surface area (Å²) >= 11 is 0. The second-order valence-electron chi connectivity index (χ2n) is 8.42. The highest BCUT2D eigenvalue weighted by Gasteiger charge is 2.30. The number of carbonyl (C=O) groups excluding carboxylic acids is 4. The first-order valence-electron chi connectivity index (χ1n) is 12.3. The number of H-pyrrole nitrogens is 1. The molecule has 3 rings (SSSR count). The molecule has 3 amide bonds. The summed E-state index contributed by atoms with van der Waals surface area (Å²) in [4.78, 5) is 58.4. The Bertz CT molecular complexity index is 1450. The number of aliphatic hydroxyl groups excluding tert-OH is 1. The molecule has 2 heterocycles. The van der Waals surface area contributed by atoms with E-state index in [1.807, 2.05) is 6.92 Å². The van der Waals surface area contributed by atoms with Crippen LogP contribution in [0.25, 0.3) is 0 Å². The van der Waals surface area contributed by atoms with E-state index in [1.54, 1.807) is 19.9 Å². The van der Waals surface area contributed by atoms with Crippen molar-refractivity contribution < 1.29 is 38.3 Å². The van der Waals surface area contributed by atoms with Crippen molar-refractivity contribution in [1.82, 2.24) is 15.5 Å². The van der Waals surface area contributed by atoms with Gasteiger partial charge in [-0.15, -0.1) is 0 Å². The number of aliphatic imine (C=N–C) groups is 1. The van der Waals surface area contributed by atoms with E-state index in [1.165, 1.54) is 30.7 Å². The third-order valence-electron chi connectivity index (χ3n) is 5.65. The average molecular weight is 568 g/mol. The number of hydrogen-bond acceptors (Lipinski definition) is 10. The number of ether oxygens (including phenoxy) is 2. The molecule has 0 fully saturated rings. The number of esters is 1. The lowest BCUT2D eigenvalue weighted by Crippen LogP contribution is -2.40. The normalized spacial score (nSPS) is 11.0. The van der Waals surface area contributed by atoms with Crippen LogP contribution in [-0.4, -0.2) is 71.2 Å². The molecule has 0 aliphatic heterocycles. The van der Waals surface area contributed by atoms with Gasteiger partial charge < -0.3 is 34.7 Å². The highest BCUT2D eigenvalue weighted by atomic mass is 16.7. The van der Waals surface area contributed by atoms with Gasteiger partial charge in [0.15, 0.2) is 11.7 Å². The first-order valence-corrected chi connectivity index (χ1v) is 12.3. The number of aromatic nitrogens is 2. The predicted molar refractivity (Wildman–Crippen MR) is 146 cm³/mol. The summed E-state index contributed by atoms with van der Waals surface area (Å²) in [5.74, 6) is -1.93. The maximum atomic E-state index is 13.5. The summed E-state index contributed by atoms with van der Waals surface area (Å²) in [6.45, 7) is 3.89. The van der Waals surface area contributed by atoms with Crippen LogP contribution in [0.3, 0.4) is 0 Å². The number of nitrogens with zero attached hydrogens (tertiary/aromatic N) is 3. The monoisotopic (exact) mass is 567 g/mol. The minimum atomic E-state index is -1.10.